The van der Waals surface area contributed by atoms with E-state index < -0.39 is 37.1 Å². The number of nitrogens with zero attached hydrogens (tertiary/aromatic N) is 1. The molecule has 3 atom stereocenters. The number of carbonyl (C=O) groups excluding carboxylic acids is 4. The molecule has 1 aromatic heterocycles. The quantitative estimate of drug-likeness (QED) is 0.0283. The third-order valence-corrected chi connectivity index (χ3v) is 10.6. The molecule has 0 spiro atoms. The number of carbonyl (C=O) groups is 4. The Labute approximate surface area is 317 Å². The van der Waals surface area contributed by atoms with Gasteiger partial charge in [-0.1, -0.05) is 93.8 Å². The number of hydroxylamine groups is 2. The molecule has 3 aromatic carbocycles. The van der Waals surface area contributed by atoms with Gasteiger partial charge >= 0.3 is 5.97 Å². The molecule has 0 aliphatic heterocycles. The lowest BCUT2D eigenvalue weighted by molar-refractivity contribution is -0.203. The molecule has 0 saturated carbocycles. The van der Waals surface area contributed by atoms with Crippen LogP contribution >= 0.6 is 7.37 Å². The second-order valence-electron chi connectivity index (χ2n) is 12.8. The molecule has 0 aliphatic carbocycles. The van der Waals surface area contributed by atoms with Crippen LogP contribution in [0.3, 0.4) is 0 Å². The van der Waals surface area contributed by atoms with Crippen molar-refractivity contribution in [3.05, 3.63) is 108 Å². The molecule has 0 bridgehead atoms. The van der Waals surface area contributed by atoms with Crippen LogP contribution in [-0.2, 0) is 41.3 Å². The summed E-state index contributed by atoms with van der Waals surface area (Å²) in [7, 11) is -3.29. The summed E-state index contributed by atoms with van der Waals surface area (Å²) in [6, 6.07) is 26.0. The summed E-state index contributed by atoms with van der Waals surface area (Å²) in [5.74, 6) is -1.50. The zero-order valence-corrected chi connectivity index (χ0v) is 32.2. The molecule has 0 aliphatic rings. The lowest BCUT2D eigenvalue weighted by atomic mass is 9.90. The molecule has 54 heavy (non-hydrogen) atoms. The van der Waals surface area contributed by atoms with E-state index in [4.69, 9.17) is 18.5 Å². The predicted octanol–water partition coefficient (Wildman–Crippen LogP) is 7.03. The van der Waals surface area contributed by atoms with Gasteiger partial charge in [0.2, 0.25) is 19.7 Å². The molecule has 0 saturated heterocycles. The minimum absolute atomic E-state index is 0.00832. The zero-order chi connectivity index (χ0) is 38.9. The van der Waals surface area contributed by atoms with Crippen molar-refractivity contribution in [3.63, 3.8) is 0 Å². The minimum Gasteiger partial charge on any atom is -0.494 e. The topological polar surface area (TPSA) is 153 Å². The molecule has 13 heteroatoms. The fraction of sp³-hybridized carbons (Fsp3) is 0.366. The molecule has 0 fully saturated rings. The summed E-state index contributed by atoms with van der Waals surface area (Å²) >= 11 is 0. The van der Waals surface area contributed by atoms with Crippen molar-refractivity contribution in [3.8, 4) is 17.1 Å². The maximum Gasteiger partial charge on any atom is 0.336 e. The highest BCUT2D eigenvalue weighted by molar-refractivity contribution is 7.66. The van der Waals surface area contributed by atoms with E-state index >= 15 is 0 Å². The Morgan fingerprint density at radius 2 is 1.59 bits per heavy atom. The number of benzene rings is 3. The van der Waals surface area contributed by atoms with Crippen molar-refractivity contribution in [2.75, 3.05) is 19.9 Å². The first-order valence-corrected chi connectivity index (χ1v) is 20.3. The van der Waals surface area contributed by atoms with E-state index in [1.165, 1.54) is 6.07 Å². The normalized spacial score (nSPS) is 13.2. The number of hydrogen-bond acceptors (Lipinski definition) is 9. The van der Waals surface area contributed by atoms with Crippen LogP contribution in [-0.4, -0.2) is 55.2 Å². The summed E-state index contributed by atoms with van der Waals surface area (Å²) in [5, 5.41) is 6.77. The van der Waals surface area contributed by atoms with Gasteiger partial charge in [0.1, 0.15) is 11.5 Å². The van der Waals surface area contributed by atoms with E-state index in [9.17, 15) is 23.7 Å². The van der Waals surface area contributed by atoms with Gasteiger partial charge in [-0.25, -0.2) is 4.79 Å². The smallest absolute Gasteiger partial charge is 0.336 e. The Morgan fingerprint density at radius 3 is 2.24 bits per heavy atom. The Bertz CT molecular complexity index is 1870. The van der Waals surface area contributed by atoms with Gasteiger partial charge in [-0.3, -0.25) is 18.9 Å². The first-order chi connectivity index (χ1) is 26.1. The highest BCUT2D eigenvalue weighted by Gasteiger charge is 2.33. The van der Waals surface area contributed by atoms with Crippen molar-refractivity contribution in [1.82, 2.24) is 15.7 Å². The van der Waals surface area contributed by atoms with Crippen molar-refractivity contribution < 1.29 is 42.3 Å². The SMILES string of the molecule is CCCCC[C@@H](C(=O)NCNC(=O)c1ccc(-c2cc(OCC)cc(P(C)(=O)OCc3ccccc3)c2)o1)[C@@H](CC)N(C=O)OC(=O)Cc1ccccc1. The van der Waals surface area contributed by atoms with Crippen LogP contribution in [0.1, 0.15) is 74.6 Å². The zero-order valence-electron chi connectivity index (χ0n) is 31.3. The van der Waals surface area contributed by atoms with Crippen LogP contribution in [0.2, 0.25) is 0 Å². The highest BCUT2D eigenvalue weighted by Crippen LogP contribution is 2.44. The first kappa shape index (κ1) is 41.6. The number of nitrogens with one attached hydrogen (secondary N) is 2. The Hall–Kier alpha value is -5.19. The Morgan fingerprint density at radius 1 is 0.889 bits per heavy atom. The second kappa shape index (κ2) is 20.9. The van der Waals surface area contributed by atoms with E-state index in [2.05, 4.69) is 10.6 Å². The van der Waals surface area contributed by atoms with Crippen LogP contribution in [0.25, 0.3) is 11.3 Å². The molecule has 3 amide bonds. The maximum atomic E-state index is 13.7. The number of furan rings is 1. The van der Waals surface area contributed by atoms with Crippen LogP contribution in [0.15, 0.2) is 95.4 Å². The highest BCUT2D eigenvalue weighted by atomic mass is 31.2. The number of amides is 3. The van der Waals surface area contributed by atoms with Crippen molar-refractivity contribution in [1.29, 1.82) is 0 Å². The monoisotopic (exact) mass is 759 g/mol. The van der Waals surface area contributed by atoms with Gasteiger partial charge in [0, 0.05) is 17.5 Å². The van der Waals surface area contributed by atoms with E-state index in [-0.39, 0.29) is 25.5 Å². The van der Waals surface area contributed by atoms with Crippen LogP contribution in [0, 0.1) is 5.92 Å². The third-order valence-electron chi connectivity index (χ3n) is 8.79. The van der Waals surface area contributed by atoms with E-state index in [1.54, 1.807) is 55.2 Å². The second-order valence-corrected chi connectivity index (χ2v) is 15.3. The van der Waals surface area contributed by atoms with Crippen molar-refractivity contribution in [2.45, 2.75) is 71.9 Å². The Kier molecular flexibility index (Phi) is 16.1. The predicted molar refractivity (Wildman–Crippen MR) is 206 cm³/mol. The molecule has 1 heterocycles. The van der Waals surface area contributed by atoms with Gasteiger partial charge < -0.3 is 29.1 Å². The van der Waals surface area contributed by atoms with Gasteiger partial charge in [-0.05, 0) is 61.2 Å². The fourth-order valence-corrected chi connectivity index (χ4v) is 7.22. The molecule has 12 nitrogen and oxygen atoms in total. The average molecular weight is 760 g/mol. The molecular formula is C41H50N3O9P. The first-order valence-electron chi connectivity index (χ1n) is 18.3. The molecule has 4 aromatic rings. The number of rotatable bonds is 22. The summed E-state index contributed by atoms with van der Waals surface area (Å²) in [4.78, 5) is 57.0. The third kappa shape index (κ3) is 12.2. The number of unbranched alkanes of at least 4 members (excludes halogenated alkanes) is 2. The lowest BCUT2D eigenvalue weighted by Gasteiger charge is -2.31. The number of ether oxygens (including phenoxy) is 1. The van der Waals surface area contributed by atoms with Gasteiger partial charge in [0.05, 0.1) is 38.3 Å². The van der Waals surface area contributed by atoms with Crippen LogP contribution in [0.4, 0.5) is 0 Å². The minimum atomic E-state index is -3.29. The van der Waals surface area contributed by atoms with Crippen LogP contribution in [0.5, 0.6) is 5.75 Å². The van der Waals surface area contributed by atoms with Crippen molar-refractivity contribution in [2.24, 2.45) is 5.92 Å². The average Bonchev–Trinajstić information content (AvgIpc) is 3.68. The van der Waals surface area contributed by atoms with Crippen molar-refractivity contribution >= 4 is 36.9 Å². The molecular weight excluding hydrogens is 709 g/mol. The standard InChI is InChI=1S/C41H50N3O9P/c1-5-8-11-20-35(36(6-2)44(29-45)53-39(46)23-30-16-12-9-13-17-30)40(47)42-28-43-41(48)38-22-21-37(52-38)32-24-33(50-7-3)26-34(25-32)54(4,49)51-27-31-18-14-10-15-19-31/h9-10,12-19,21-22,24-26,29,35-36H,5-8,11,20,23,27-28H2,1-4H3,(H,42,47)(H,43,48)/t35-,36-,54?/m1/s1. The van der Waals surface area contributed by atoms with Gasteiger partial charge in [-0.15, -0.1) is 0 Å². The van der Waals surface area contributed by atoms with E-state index in [1.807, 2.05) is 57.2 Å². The summed E-state index contributed by atoms with van der Waals surface area (Å²) < 4.78 is 31.3. The lowest BCUT2D eigenvalue weighted by Crippen LogP contribution is -2.49. The molecule has 1 unspecified atom stereocenters. The summed E-state index contributed by atoms with van der Waals surface area (Å²) in [5.41, 5.74) is 2.16. The Balaban J connectivity index is 1.41. The van der Waals surface area contributed by atoms with Gasteiger partial charge in [0.15, 0.2) is 5.76 Å². The largest absolute Gasteiger partial charge is 0.494 e. The molecule has 0 radical (unpaired) electrons. The fourth-order valence-electron chi connectivity index (χ4n) is 5.94. The maximum absolute atomic E-state index is 13.7. The number of hydrogen-bond donors (Lipinski definition) is 2. The molecule has 4 rings (SSSR count). The summed E-state index contributed by atoms with van der Waals surface area (Å²) in [6.07, 6.45) is 3.70. The van der Waals surface area contributed by atoms with Crippen LogP contribution < -0.4 is 20.7 Å². The van der Waals surface area contributed by atoms with Gasteiger partial charge in [-0.2, -0.15) is 5.06 Å². The van der Waals surface area contributed by atoms with Gasteiger partial charge in [0.25, 0.3) is 5.91 Å². The molecule has 288 valence electrons. The summed E-state index contributed by atoms with van der Waals surface area (Å²) in [6.45, 7) is 7.58. The van der Waals surface area contributed by atoms with E-state index in [0.29, 0.717) is 48.2 Å². The van der Waals surface area contributed by atoms with E-state index in [0.717, 1.165) is 35.5 Å². The molecule has 2 N–H and O–H groups in total.